The maximum Gasteiger partial charge on any atom is 0.239 e. The van der Waals surface area contributed by atoms with Crippen LogP contribution in [-0.4, -0.2) is 33.2 Å². The van der Waals surface area contributed by atoms with E-state index in [1.807, 2.05) is 20.2 Å². The second-order valence-corrected chi connectivity index (χ2v) is 5.11. The molecule has 1 heterocycles. The minimum Gasteiger partial charge on any atom is -0.337 e. The van der Waals surface area contributed by atoms with Gasteiger partial charge in [-0.1, -0.05) is 13.8 Å². The first-order chi connectivity index (χ1) is 8.43. The molecule has 0 aliphatic heterocycles. The summed E-state index contributed by atoms with van der Waals surface area (Å²) in [6.45, 7) is 7.36. The molecule has 118 valence electrons. The van der Waals surface area contributed by atoms with Crippen LogP contribution in [0.3, 0.4) is 0 Å². The molecule has 0 bridgehead atoms. The number of hydrogen-bond acceptors (Lipinski definition) is 3. The smallest absolute Gasteiger partial charge is 0.239 e. The fraction of sp³-hybridized carbons (Fsp3) is 0.692. The molecule has 2 N–H and O–H groups in total. The Kier molecular flexibility index (Phi) is 10.8. The molecule has 0 fully saturated rings. The molecule has 5 nitrogen and oxygen atoms in total. The van der Waals surface area contributed by atoms with Crippen molar-refractivity contribution in [2.75, 3.05) is 6.54 Å². The van der Waals surface area contributed by atoms with Crippen LogP contribution in [0.4, 0.5) is 0 Å². The van der Waals surface area contributed by atoms with Crippen molar-refractivity contribution in [1.29, 1.82) is 0 Å². The summed E-state index contributed by atoms with van der Waals surface area (Å²) in [5.41, 5.74) is 6.97. The van der Waals surface area contributed by atoms with Crippen LogP contribution < -0.4 is 5.73 Å². The van der Waals surface area contributed by atoms with Crippen LogP contribution in [0.1, 0.15) is 32.8 Å². The number of carbonyl (C=O) groups excluding carboxylic acids is 1. The first-order valence-electron chi connectivity index (χ1n) is 6.46. The summed E-state index contributed by atoms with van der Waals surface area (Å²) in [5.74, 6) is 0.455. The standard InChI is InChI=1S/C13H24N4O.2ClH/c1-5-17(9-11-7-15-16(4)8-11)13(18)12(14)6-10(2)3;;/h7-8,10,12H,5-6,9,14H2,1-4H3;2*1H/t12-;;/m0../s1. The Balaban J connectivity index is 0. The molecule has 0 unspecified atom stereocenters. The maximum atomic E-state index is 12.2. The zero-order chi connectivity index (χ0) is 13.7. The van der Waals surface area contributed by atoms with E-state index < -0.39 is 6.04 Å². The highest BCUT2D eigenvalue weighted by molar-refractivity contribution is 5.85. The monoisotopic (exact) mass is 324 g/mol. The van der Waals surface area contributed by atoms with Crippen LogP contribution in [-0.2, 0) is 18.4 Å². The van der Waals surface area contributed by atoms with E-state index >= 15 is 0 Å². The molecule has 0 spiro atoms. The average molecular weight is 325 g/mol. The Morgan fingerprint density at radius 2 is 2.05 bits per heavy atom. The third-order valence-electron chi connectivity index (χ3n) is 2.87. The van der Waals surface area contributed by atoms with Gasteiger partial charge in [0.2, 0.25) is 5.91 Å². The van der Waals surface area contributed by atoms with E-state index in [0.717, 1.165) is 12.0 Å². The topological polar surface area (TPSA) is 64.2 Å². The summed E-state index contributed by atoms with van der Waals surface area (Å²) in [7, 11) is 1.87. The predicted octanol–water partition coefficient (Wildman–Crippen LogP) is 1.99. The van der Waals surface area contributed by atoms with Gasteiger partial charge >= 0.3 is 0 Å². The average Bonchev–Trinajstić information content (AvgIpc) is 2.70. The van der Waals surface area contributed by atoms with E-state index in [1.54, 1.807) is 15.8 Å². The Morgan fingerprint density at radius 3 is 2.45 bits per heavy atom. The van der Waals surface area contributed by atoms with Gasteiger partial charge in [0.05, 0.1) is 12.2 Å². The number of carbonyl (C=O) groups is 1. The minimum atomic E-state index is -0.401. The third kappa shape index (κ3) is 6.59. The van der Waals surface area contributed by atoms with Gasteiger partial charge < -0.3 is 10.6 Å². The molecule has 7 heteroatoms. The number of aryl methyl sites for hydroxylation is 1. The van der Waals surface area contributed by atoms with Gasteiger partial charge in [-0.05, 0) is 19.3 Å². The molecular formula is C13H26Cl2N4O. The van der Waals surface area contributed by atoms with Gasteiger partial charge in [-0.2, -0.15) is 5.10 Å². The fourth-order valence-corrected chi connectivity index (χ4v) is 1.96. The molecule has 0 saturated carbocycles. The van der Waals surface area contributed by atoms with E-state index in [0.29, 0.717) is 19.0 Å². The molecule has 0 aromatic carbocycles. The Morgan fingerprint density at radius 1 is 1.45 bits per heavy atom. The van der Waals surface area contributed by atoms with Crippen molar-refractivity contribution < 1.29 is 4.79 Å². The van der Waals surface area contributed by atoms with Crippen molar-refractivity contribution in [2.45, 2.75) is 39.8 Å². The zero-order valence-corrected chi connectivity index (χ0v) is 14.2. The SMILES string of the molecule is CCN(Cc1cnn(C)c1)C(=O)[C@@H](N)CC(C)C.Cl.Cl. The maximum absolute atomic E-state index is 12.2. The summed E-state index contributed by atoms with van der Waals surface area (Å²) in [6.07, 6.45) is 4.43. The lowest BCUT2D eigenvalue weighted by Crippen LogP contribution is -2.43. The molecular weight excluding hydrogens is 299 g/mol. The molecule has 1 atom stereocenters. The van der Waals surface area contributed by atoms with Crippen LogP contribution in [0.15, 0.2) is 12.4 Å². The lowest BCUT2D eigenvalue weighted by atomic mass is 10.0. The van der Waals surface area contributed by atoms with Crippen molar-refractivity contribution in [2.24, 2.45) is 18.7 Å². The summed E-state index contributed by atoms with van der Waals surface area (Å²) in [6, 6.07) is -0.401. The second-order valence-electron chi connectivity index (χ2n) is 5.11. The quantitative estimate of drug-likeness (QED) is 0.870. The highest BCUT2D eigenvalue weighted by Crippen LogP contribution is 2.09. The molecule has 0 radical (unpaired) electrons. The molecule has 1 aromatic rings. The lowest BCUT2D eigenvalue weighted by molar-refractivity contribution is -0.133. The molecule has 0 saturated heterocycles. The Labute approximate surface area is 133 Å². The van der Waals surface area contributed by atoms with E-state index in [2.05, 4.69) is 18.9 Å². The normalized spacial score (nSPS) is 11.5. The van der Waals surface area contributed by atoms with E-state index in [9.17, 15) is 4.79 Å². The highest BCUT2D eigenvalue weighted by atomic mass is 35.5. The molecule has 20 heavy (non-hydrogen) atoms. The Hall–Kier alpha value is -0.780. The molecule has 1 amide bonds. The highest BCUT2D eigenvalue weighted by Gasteiger charge is 2.21. The summed E-state index contributed by atoms with van der Waals surface area (Å²) in [5, 5.41) is 4.10. The number of halogens is 2. The van der Waals surface area contributed by atoms with Gasteiger partial charge in [-0.25, -0.2) is 0 Å². The largest absolute Gasteiger partial charge is 0.337 e. The van der Waals surface area contributed by atoms with Crippen molar-refractivity contribution in [3.63, 3.8) is 0 Å². The van der Waals surface area contributed by atoms with Crippen LogP contribution in [0.5, 0.6) is 0 Å². The molecule has 1 rings (SSSR count). The number of nitrogens with zero attached hydrogens (tertiary/aromatic N) is 3. The number of nitrogens with two attached hydrogens (primary N) is 1. The van der Waals surface area contributed by atoms with Crippen molar-refractivity contribution in [3.05, 3.63) is 18.0 Å². The lowest BCUT2D eigenvalue weighted by Gasteiger charge is -2.24. The van der Waals surface area contributed by atoms with Gasteiger partial charge in [0.15, 0.2) is 0 Å². The van der Waals surface area contributed by atoms with E-state index in [-0.39, 0.29) is 30.7 Å². The number of likely N-dealkylation sites (N-methyl/N-ethyl adjacent to an activating group) is 1. The fourth-order valence-electron chi connectivity index (χ4n) is 1.96. The van der Waals surface area contributed by atoms with Gasteiger partial charge in [0.1, 0.15) is 0 Å². The number of amides is 1. The van der Waals surface area contributed by atoms with Crippen LogP contribution in [0.25, 0.3) is 0 Å². The van der Waals surface area contributed by atoms with Crippen molar-refractivity contribution in [3.8, 4) is 0 Å². The van der Waals surface area contributed by atoms with E-state index in [4.69, 9.17) is 5.73 Å². The predicted molar refractivity (Wildman–Crippen MR) is 86.2 cm³/mol. The number of aromatic nitrogens is 2. The first kappa shape index (κ1) is 21.5. The third-order valence-corrected chi connectivity index (χ3v) is 2.87. The molecule has 1 aromatic heterocycles. The van der Waals surface area contributed by atoms with Crippen molar-refractivity contribution >= 4 is 30.7 Å². The van der Waals surface area contributed by atoms with Crippen LogP contribution in [0.2, 0.25) is 0 Å². The van der Waals surface area contributed by atoms with Gasteiger partial charge in [-0.15, -0.1) is 24.8 Å². The first-order valence-corrected chi connectivity index (χ1v) is 6.46. The second kappa shape index (κ2) is 10.0. The Bertz CT molecular complexity index is 395. The van der Waals surface area contributed by atoms with Crippen LogP contribution in [0, 0.1) is 5.92 Å². The summed E-state index contributed by atoms with van der Waals surface area (Å²) >= 11 is 0. The van der Waals surface area contributed by atoms with Gasteiger partial charge in [-0.3, -0.25) is 9.48 Å². The van der Waals surface area contributed by atoms with Crippen LogP contribution >= 0.6 is 24.8 Å². The minimum absolute atomic E-state index is 0. The van der Waals surface area contributed by atoms with E-state index in [1.165, 1.54) is 0 Å². The number of rotatable bonds is 6. The molecule has 0 aliphatic carbocycles. The zero-order valence-electron chi connectivity index (χ0n) is 12.6. The van der Waals surface area contributed by atoms with Gasteiger partial charge in [0, 0.05) is 31.9 Å². The molecule has 0 aliphatic rings. The van der Waals surface area contributed by atoms with Gasteiger partial charge in [0.25, 0.3) is 0 Å². The summed E-state index contributed by atoms with van der Waals surface area (Å²) in [4.78, 5) is 14.0. The summed E-state index contributed by atoms with van der Waals surface area (Å²) < 4.78 is 1.74. The number of hydrogen-bond donors (Lipinski definition) is 1. The van der Waals surface area contributed by atoms with Crippen molar-refractivity contribution in [1.82, 2.24) is 14.7 Å².